The van der Waals surface area contributed by atoms with E-state index < -0.39 is 19.0 Å². The summed E-state index contributed by atoms with van der Waals surface area (Å²) in [6.07, 6.45) is 15.7. The molecule has 0 amide bonds. The van der Waals surface area contributed by atoms with Crippen LogP contribution in [0.15, 0.2) is 71.9 Å². The molecular weight excluding hydrogens is 585 g/mol. The first kappa shape index (κ1) is 35.1. The summed E-state index contributed by atoms with van der Waals surface area (Å²) >= 11 is 0. The number of aromatic nitrogens is 3. The average molecular weight is 638 g/mol. The number of nitrogens with zero attached hydrogens (tertiary/aromatic N) is 3. The average Bonchev–Trinajstić information content (AvgIpc) is 3.30. The number of hydrogen-bond donors (Lipinski definition) is 0. The highest BCUT2D eigenvalue weighted by Crippen LogP contribution is 2.55. The van der Waals surface area contributed by atoms with Gasteiger partial charge in [0.05, 0.1) is 16.6 Å². The summed E-state index contributed by atoms with van der Waals surface area (Å²) in [4.78, 5) is 19.1. The third-order valence-corrected chi connectivity index (χ3v) is 9.65. The Hall–Kier alpha value is -2.77. The van der Waals surface area contributed by atoms with E-state index in [1.54, 1.807) is 41.5 Å². The van der Waals surface area contributed by atoms with Crippen molar-refractivity contribution in [3.63, 3.8) is 0 Å². The molecule has 1 aliphatic carbocycles. The lowest BCUT2D eigenvalue weighted by Crippen LogP contribution is -2.27. The van der Waals surface area contributed by atoms with Gasteiger partial charge in [0.15, 0.2) is 0 Å². The quantitative estimate of drug-likeness (QED) is 0.240. The molecule has 0 spiro atoms. The highest BCUT2D eigenvalue weighted by molar-refractivity contribution is 7.48. The normalized spacial score (nSPS) is 16.2. The van der Waals surface area contributed by atoms with Crippen molar-refractivity contribution in [2.45, 2.75) is 130 Å². The second kappa shape index (κ2) is 15.7. The molecule has 1 aromatic carbocycles. The van der Waals surface area contributed by atoms with Crippen LogP contribution in [0.5, 0.6) is 0 Å². The van der Waals surface area contributed by atoms with Gasteiger partial charge in [-0.15, -0.1) is 0 Å². The van der Waals surface area contributed by atoms with Crippen molar-refractivity contribution in [3.05, 3.63) is 77.5 Å². The van der Waals surface area contributed by atoms with E-state index in [1.165, 1.54) is 49.4 Å². The molecule has 4 rings (SSSR count). The van der Waals surface area contributed by atoms with Crippen LogP contribution >= 0.6 is 7.82 Å². The number of rotatable bonds is 7. The summed E-state index contributed by atoms with van der Waals surface area (Å²) in [7, 11) is -4.04. The molecule has 2 aromatic heterocycles. The monoisotopic (exact) mass is 637 g/mol. The molecule has 8 nitrogen and oxygen atoms in total. The lowest BCUT2D eigenvalue weighted by atomic mass is 10.0. The molecule has 45 heavy (non-hydrogen) atoms. The van der Waals surface area contributed by atoms with Gasteiger partial charge in [-0.2, -0.15) is 0 Å². The van der Waals surface area contributed by atoms with Crippen LogP contribution in [0.3, 0.4) is 0 Å². The van der Waals surface area contributed by atoms with Crippen LogP contribution in [0.2, 0.25) is 0 Å². The third-order valence-electron chi connectivity index (χ3n) is 7.67. The Labute approximate surface area is 269 Å². The Kier molecular flexibility index (Phi) is 12.2. The Morgan fingerprint density at radius 2 is 1.27 bits per heavy atom. The number of phosphoric ester groups is 1. The Balaban J connectivity index is 1.82. The van der Waals surface area contributed by atoms with E-state index >= 15 is 0 Å². The van der Waals surface area contributed by atoms with E-state index in [0.717, 1.165) is 36.8 Å². The molecule has 0 aliphatic heterocycles. The lowest BCUT2D eigenvalue weighted by molar-refractivity contribution is -0.00656. The summed E-state index contributed by atoms with van der Waals surface area (Å²) in [6, 6.07) is 18.1. The van der Waals surface area contributed by atoms with E-state index in [2.05, 4.69) is 10.8 Å². The van der Waals surface area contributed by atoms with E-state index in [-0.39, 0.29) is 18.3 Å². The standard InChI is InChI=1S/C36H52N3O5P/c1-35(2,3)43-45(41,44-36(4,5)6)42-28-38-27-37-33-32(34(38)40)31(29-22-18-14-10-9-11-15-19-23-29)26-39(33)30-24-20-16-12-7-8-13-17-21-25-30/h9-11,14-15,18-19,22-23,26-27,30H,7-8,12-13,16-17,20-21,24-25,28H2,1-6H3. The molecule has 9 heteroatoms. The van der Waals surface area contributed by atoms with Crippen molar-refractivity contribution in [2.75, 3.05) is 0 Å². The minimum Gasteiger partial charge on any atom is -0.329 e. The highest BCUT2D eigenvalue weighted by Gasteiger charge is 2.37. The lowest BCUT2D eigenvalue weighted by Gasteiger charge is -2.30. The van der Waals surface area contributed by atoms with Gasteiger partial charge in [0.1, 0.15) is 18.7 Å². The van der Waals surface area contributed by atoms with E-state index in [4.69, 9.17) is 18.6 Å². The highest BCUT2D eigenvalue weighted by atomic mass is 31.2. The second-order valence-electron chi connectivity index (χ2n) is 14.0. The topological polar surface area (TPSA) is 84.6 Å². The van der Waals surface area contributed by atoms with Crippen molar-refractivity contribution >= 4 is 18.9 Å². The molecule has 0 atom stereocenters. The van der Waals surface area contributed by atoms with Crippen LogP contribution in [0, 0.1) is 0 Å². The van der Waals surface area contributed by atoms with Crippen LogP contribution in [0.1, 0.15) is 112 Å². The minimum absolute atomic E-state index is 0.251. The van der Waals surface area contributed by atoms with Gasteiger partial charge in [-0.05, 0) is 59.9 Å². The van der Waals surface area contributed by atoms with Gasteiger partial charge in [-0.1, -0.05) is 106 Å². The van der Waals surface area contributed by atoms with Crippen LogP contribution in [0.4, 0.5) is 0 Å². The van der Waals surface area contributed by atoms with Crippen molar-refractivity contribution in [1.82, 2.24) is 14.1 Å². The zero-order chi connectivity index (χ0) is 32.5. The fourth-order valence-electron chi connectivity index (χ4n) is 5.76. The summed E-state index contributed by atoms with van der Waals surface area (Å²) in [5.41, 5.74) is 0.523. The summed E-state index contributed by atoms with van der Waals surface area (Å²) in [5.74, 6) is 0. The Bertz CT molecular complexity index is 1510. The van der Waals surface area contributed by atoms with Crippen LogP contribution < -0.4 is 5.56 Å². The first-order chi connectivity index (χ1) is 21.4. The first-order valence-corrected chi connectivity index (χ1v) is 18.0. The third kappa shape index (κ3) is 10.6. The molecule has 1 saturated carbocycles. The summed E-state index contributed by atoms with van der Waals surface area (Å²) in [5, 5.41) is 0.514. The molecule has 0 N–H and O–H groups in total. The van der Waals surface area contributed by atoms with Crippen LogP contribution in [-0.2, 0) is 24.9 Å². The molecule has 246 valence electrons. The van der Waals surface area contributed by atoms with Crippen molar-refractivity contribution in [2.24, 2.45) is 0 Å². The maximum atomic E-state index is 14.3. The number of fused-ring (bicyclic) bond motifs is 1. The van der Waals surface area contributed by atoms with Gasteiger partial charge in [0.25, 0.3) is 5.56 Å². The largest absolute Gasteiger partial charge is 0.477 e. The molecule has 0 unspecified atom stereocenters. The van der Waals surface area contributed by atoms with E-state index in [9.17, 15) is 9.36 Å². The van der Waals surface area contributed by atoms with Crippen molar-refractivity contribution < 1.29 is 18.1 Å². The Morgan fingerprint density at radius 3 is 1.78 bits per heavy atom. The van der Waals surface area contributed by atoms with Gasteiger partial charge >= 0.3 is 7.82 Å². The summed E-state index contributed by atoms with van der Waals surface area (Å²) in [6.45, 7) is 10.4. The van der Waals surface area contributed by atoms with Crippen LogP contribution in [-0.4, -0.2) is 25.3 Å². The minimum atomic E-state index is -4.04. The summed E-state index contributed by atoms with van der Waals surface area (Å²) < 4.78 is 34.7. The zero-order valence-corrected chi connectivity index (χ0v) is 28.9. The van der Waals surface area contributed by atoms with E-state index in [0.29, 0.717) is 11.0 Å². The maximum absolute atomic E-state index is 14.3. The second-order valence-corrected chi connectivity index (χ2v) is 15.5. The van der Waals surface area contributed by atoms with Gasteiger partial charge < -0.3 is 4.57 Å². The molecule has 0 radical (unpaired) electrons. The predicted octanol–water partition coefficient (Wildman–Crippen LogP) is 10.2. The van der Waals surface area contributed by atoms with Gasteiger partial charge in [-0.25, -0.2) is 9.55 Å². The molecule has 2 heterocycles. The zero-order valence-electron chi connectivity index (χ0n) is 28.0. The van der Waals surface area contributed by atoms with Gasteiger partial charge in [0.2, 0.25) is 0 Å². The number of phosphoric acid groups is 1. The van der Waals surface area contributed by atoms with Crippen LogP contribution in [0.25, 0.3) is 22.2 Å². The molecule has 0 bridgehead atoms. The molecular formula is C36H52N3O5P. The number of hydrogen-bond acceptors (Lipinski definition) is 6. The first-order valence-electron chi connectivity index (χ1n) is 16.5. The molecule has 1 aliphatic rings. The van der Waals surface area contributed by atoms with Gasteiger partial charge in [0, 0.05) is 17.8 Å². The SMILES string of the molecule is CC(C)(C)OP(=O)(OCn1cnc2c(c(-c3ccccccccc3)cn2C2CCCCCCCCCC2)c1=O)OC(C)(C)C. The molecule has 3 aromatic rings. The van der Waals surface area contributed by atoms with Crippen molar-refractivity contribution in [1.29, 1.82) is 0 Å². The van der Waals surface area contributed by atoms with Crippen molar-refractivity contribution in [3.8, 4) is 11.1 Å². The smallest absolute Gasteiger partial charge is 0.329 e. The Morgan fingerprint density at radius 1 is 0.778 bits per heavy atom. The maximum Gasteiger partial charge on any atom is 0.477 e. The molecule has 0 saturated heterocycles. The van der Waals surface area contributed by atoms with E-state index in [1.807, 2.05) is 54.6 Å². The fourth-order valence-corrected chi connectivity index (χ4v) is 7.51. The predicted molar refractivity (Wildman–Crippen MR) is 183 cm³/mol. The van der Waals surface area contributed by atoms with Gasteiger partial charge in [-0.3, -0.25) is 22.9 Å². The fraction of sp³-hybridized carbons (Fsp3) is 0.556. The molecule has 1 fully saturated rings.